The van der Waals surface area contributed by atoms with E-state index >= 15 is 0 Å². The van der Waals surface area contributed by atoms with Crippen molar-refractivity contribution in [3.63, 3.8) is 0 Å². The Balaban J connectivity index is 2.26. The minimum absolute atomic E-state index is 0.106. The Kier molecular flexibility index (Phi) is 2.38. The Morgan fingerprint density at radius 1 is 1.27 bits per heavy atom. The Hall–Kier alpha value is -0.820. The van der Waals surface area contributed by atoms with Gasteiger partial charge >= 0.3 is 0 Å². The molecule has 0 spiro atoms. The van der Waals surface area contributed by atoms with Gasteiger partial charge in [-0.15, -0.1) is 0 Å². The number of aliphatic hydroxyl groups excluding tert-OH is 1. The molecule has 1 heteroatoms. The lowest BCUT2D eigenvalue weighted by Crippen LogP contribution is -2.21. The molecule has 0 bridgehead atoms. The molecule has 82 valence electrons. The van der Waals surface area contributed by atoms with Crippen LogP contribution in [0.1, 0.15) is 38.7 Å². The van der Waals surface area contributed by atoms with E-state index < -0.39 is 0 Å². The smallest absolute Gasteiger partial charge is 0.0498 e. The highest BCUT2D eigenvalue weighted by atomic mass is 16.3. The summed E-state index contributed by atoms with van der Waals surface area (Å²) in [5.41, 5.74) is 1.74. The van der Waals surface area contributed by atoms with Crippen molar-refractivity contribution in [2.45, 2.75) is 33.1 Å². The highest BCUT2D eigenvalue weighted by molar-refractivity contribution is 5.27. The highest BCUT2D eigenvalue weighted by Crippen LogP contribution is 2.69. The fraction of sp³-hybridized carbons (Fsp3) is 0.571. The summed E-state index contributed by atoms with van der Waals surface area (Å²) in [5.74, 6) is 0.443. The van der Waals surface area contributed by atoms with Crippen molar-refractivity contribution < 1.29 is 5.11 Å². The third kappa shape index (κ3) is 1.50. The Bertz CT molecular complexity index is 342. The zero-order valence-electron chi connectivity index (χ0n) is 9.83. The Labute approximate surface area is 92.1 Å². The summed E-state index contributed by atoms with van der Waals surface area (Å²) in [4.78, 5) is 0. The van der Waals surface area contributed by atoms with E-state index in [0.29, 0.717) is 12.5 Å². The van der Waals surface area contributed by atoms with Gasteiger partial charge in [0.05, 0.1) is 0 Å². The molecule has 1 N–H and O–H groups in total. The first-order chi connectivity index (χ1) is 7.03. The topological polar surface area (TPSA) is 20.2 Å². The van der Waals surface area contributed by atoms with Crippen molar-refractivity contribution in [1.82, 2.24) is 0 Å². The zero-order chi connectivity index (χ0) is 11.1. The predicted octanol–water partition coefficient (Wildman–Crippen LogP) is 3.20. The molecule has 2 unspecified atom stereocenters. The predicted molar refractivity (Wildman–Crippen MR) is 62.8 cm³/mol. The molecule has 2 rings (SSSR count). The first-order valence-electron chi connectivity index (χ1n) is 5.69. The van der Waals surface area contributed by atoms with Crippen molar-refractivity contribution in [2.75, 3.05) is 6.61 Å². The zero-order valence-corrected chi connectivity index (χ0v) is 9.83. The second-order valence-electron chi connectivity index (χ2n) is 5.51. The van der Waals surface area contributed by atoms with Crippen LogP contribution in [-0.2, 0) is 0 Å². The van der Waals surface area contributed by atoms with E-state index in [9.17, 15) is 5.11 Å². The minimum Gasteiger partial charge on any atom is -0.396 e. The number of benzene rings is 1. The van der Waals surface area contributed by atoms with Crippen LogP contribution < -0.4 is 0 Å². The van der Waals surface area contributed by atoms with Crippen molar-refractivity contribution in [2.24, 2.45) is 10.8 Å². The maximum absolute atomic E-state index is 9.62. The van der Waals surface area contributed by atoms with E-state index in [4.69, 9.17) is 0 Å². The van der Waals surface area contributed by atoms with Gasteiger partial charge in [-0.3, -0.25) is 0 Å². The SMILES string of the molecule is CC(c1ccccc1)C1(CO)CC1(C)C. The molecule has 1 aromatic rings. The van der Waals surface area contributed by atoms with Gasteiger partial charge in [0.25, 0.3) is 0 Å². The van der Waals surface area contributed by atoms with E-state index in [1.54, 1.807) is 0 Å². The molecule has 1 aliphatic rings. The summed E-state index contributed by atoms with van der Waals surface area (Å²) >= 11 is 0. The van der Waals surface area contributed by atoms with Crippen molar-refractivity contribution >= 4 is 0 Å². The van der Waals surface area contributed by atoms with Crippen molar-refractivity contribution in [1.29, 1.82) is 0 Å². The summed E-state index contributed by atoms with van der Waals surface area (Å²) in [6, 6.07) is 10.5. The van der Waals surface area contributed by atoms with Gasteiger partial charge in [0.2, 0.25) is 0 Å². The second-order valence-corrected chi connectivity index (χ2v) is 5.51. The van der Waals surface area contributed by atoms with Gasteiger partial charge in [0.1, 0.15) is 0 Å². The number of rotatable bonds is 3. The first-order valence-corrected chi connectivity index (χ1v) is 5.69. The lowest BCUT2D eigenvalue weighted by atomic mass is 9.80. The number of hydrogen-bond acceptors (Lipinski definition) is 1. The molecular formula is C14H20O. The molecule has 0 saturated heterocycles. The van der Waals surface area contributed by atoms with Crippen LogP contribution in [0.5, 0.6) is 0 Å². The maximum atomic E-state index is 9.62. The summed E-state index contributed by atoms with van der Waals surface area (Å²) < 4.78 is 0. The van der Waals surface area contributed by atoms with Crippen LogP contribution >= 0.6 is 0 Å². The molecule has 1 saturated carbocycles. The summed E-state index contributed by atoms with van der Waals surface area (Å²) in [7, 11) is 0. The van der Waals surface area contributed by atoms with Gasteiger partial charge in [-0.1, -0.05) is 51.1 Å². The fourth-order valence-corrected chi connectivity index (χ4v) is 2.95. The molecule has 1 nitrogen and oxygen atoms in total. The van der Waals surface area contributed by atoms with Crippen LogP contribution in [0.2, 0.25) is 0 Å². The van der Waals surface area contributed by atoms with E-state index in [-0.39, 0.29) is 10.8 Å². The summed E-state index contributed by atoms with van der Waals surface area (Å²) in [5, 5.41) is 9.62. The largest absolute Gasteiger partial charge is 0.396 e. The highest BCUT2D eigenvalue weighted by Gasteiger charge is 2.63. The van der Waals surface area contributed by atoms with Crippen LogP contribution in [0.4, 0.5) is 0 Å². The van der Waals surface area contributed by atoms with Crippen LogP contribution in [0.15, 0.2) is 30.3 Å². The van der Waals surface area contributed by atoms with Gasteiger partial charge in [-0.05, 0) is 23.3 Å². The van der Waals surface area contributed by atoms with Crippen LogP contribution in [0.3, 0.4) is 0 Å². The first kappa shape index (κ1) is 10.7. The molecule has 0 amide bonds. The normalized spacial score (nSPS) is 29.9. The van der Waals surface area contributed by atoms with Crippen LogP contribution in [0.25, 0.3) is 0 Å². The third-order valence-corrected chi connectivity index (χ3v) is 4.39. The fourth-order valence-electron chi connectivity index (χ4n) is 2.95. The molecule has 0 heterocycles. The molecular weight excluding hydrogens is 184 g/mol. The van der Waals surface area contributed by atoms with Crippen molar-refractivity contribution in [3.8, 4) is 0 Å². The van der Waals surface area contributed by atoms with E-state index in [0.717, 1.165) is 6.42 Å². The van der Waals surface area contributed by atoms with E-state index in [2.05, 4.69) is 45.0 Å². The molecule has 1 aliphatic carbocycles. The van der Waals surface area contributed by atoms with Gasteiger partial charge in [-0.2, -0.15) is 0 Å². The third-order valence-electron chi connectivity index (χ3n) is 4.39. The van der Waals surface area contributed by atoms with Crippen LogP contribution in [-0.4, -0.2) is 11.7 Å². The van der Waals surface area contributed by atoms with Gasteiger partial charge < -0.3 is 5.11 Å². The van der Waals surface area contributed by atoms with Crippen molar-refractivity contribution in [3.05, 3.63) is 35.9 Å². The lowest BCUT2D eigenvalue weighted by Gasteiger charge is -2.26. The number of hydrogen-bond donors (Lipinski definition) is 1. The molecule has 0 aliphatic heterocycles. The Morgan fingerprint density at radius 2 is 1.80 bits per heavy atom. The van der Waals surface area contributed by atoms with E-state index in [1.807, 2.05) is 6.07 Å². The summed E-state index contributed by atoms with van der Waals surface area (Å²) in [6.45, 7) is 7.04. The van der Waals surface area contributed by atoms with Crippen LogP contribution in [0, 0.1) is 10.8 Å². The quantitative estimate of drug-likeness (QED) is 0.801. The maximum Gasteiger partial charge on any atom is 0.0498 e. The molecule has 0 radical (unpaired) electrons. The molecule has 1 fully saturated rings. The lowest BCUT2D eigenvalue weighted by molar-refractivity contribution is 0.159. The molecule has 2 atom stereocenters. The average molecular weight is 204 g/mol. The van der Waals surface area contributed by atoms with Gasteiger partial charge in [0.15, 0.2) is 0 Å². The molecule has 0 aromatic heterocycles. The second kappa shape index (κ2) is 3.34. The molecule has 15 heavy (non-hydrogen) atoms. The van der Waals surface area contributed by atoms with E-state index in [1.165, 1.54) is 5.56 Å². The van der Waals surface area contributed by atoms with Gasteiger partial charge in [0, 0.05) is 12.0 Å². The summed E-state index contributed by atoms with van der Waals surface area (Å²) in [6.07, 6.45) is 1.13. The minimum atomic E-state index is 0.106. The van der Waals surface area contributed by atoms with Gasteiger partial charge in [-0.25, -0.2) is 0 Å². The molecule has 1 aromatic carbocycles. The number of aliphatic hydroxyl groups is 1. The average Bonchev–Trinajstić information content (AvgIpc) is 2.82. The standard InChI is InChI=1S/C14H20O/c1-11(12-7-5-4-6-8-12)14(10-15)9-13(14,2)3/h4-8,11,15H,9-10H2,1-3H3. The Morgan fingerprint density at radius 3 is 2.20 bits per heavy atom. The monoisotopic (exact) mass is 204 g/mol.